The second-order valence-corrected chi connectivity index (χ2v) is 6.65. The van der Waals surface area contributed by atoms with Crippen LogP contribution in [0.2, 0.25) is 0 Å². The summed E-state index contributed by atoms with van der Waals surface area (Å²) in [5.74, 6) is 1.87. The van der Waals surface area contributed by atoms with E-state index in [9.17, 15) is 13.2 Å². The van der Waals surface area contributed by atoms with E-state index in [2.05, 4.69) is 11.2 Å². The van der Waals surface area contributed by atoms with Gasteiger partial charge >= 0.3 is 0 Å². The lowest BCUT2D eigenvalue weighted by Gasteiger charge is -2.13. The molecule has 0 heterocycles. The number of hydrogen-bond acceptors (Lipinski definition) is 4. The number of ether oxygens (including phenoxy) is 1. The van der Waals surface area contributed by atoms with Crippen LogP contribution < -0.4 is 10.1 Å². The first-order chi connectivity index (χ1) is 9.25. The second-order valence-electron chi connectivity index (χ2n) is 4.12. The number of hydrogen-bond donors (Lipinski definition) is 1. The molecule has 0 aromatic heterocycles. The van der Waals surface area contributed by atoms with E-state index in [1.165, 1.54) is 6.07 Å². The normalized spacial score (nSPS) is 10.7. The first-order valence-corrected chi connectivity index (χ1v) is 7.95. The zero-order chi connectivity index (χ0) is 15.3. The molecule has 1 aromatic rings. The molecule has 0 fully saturated rings. The Balaban J connectivity index is 3.01. The maximum Gasteiger partial charge on any atom is 0.265 e. The average Bonchev–Trinajstić information content (AvgIpc) is 2.33. The monoisotopic (exact) mass is 315 g/mol. The van der Waals surface area contributed by atoms with Crippen molar-refractivity contribution in [3.63, 3.8) is 0 Å². The minimum atomic E-state index is -3.96. The minimum Gasteiger partial charge on any atom is -0.482 e. The molecule has 0 aliphatic heterocycles. The maximum absolute atomic E-state index is 11.5. The van der Waals surface area contributed by atoms with Crippen molar-refractivity contribution in [3.8, 4) is 18.1 Å². The van der Waals surface area contributed by atoms with Crippen LogP contribution in [-0.4, -0.2) is 27.5 Å². The molecule has 0 aliphatic carbocycles. The summed E-state index contributed by atoms with van der Waals surface area (Å²) in [6.45, 7) is 3.15. The third kappa shape index (κ3) is 4.44. The number of nitrogens with one attached hydrogen (secondary N) is 1. The largest absolute Gasteiger partial charge is 0.482 e. The van der Waals surface area contributed by atoms with E-state index in [0.29, 0.717) is 5.56 Å². The Kier molecular flexibility index (Phi) is 5.43. The van der Waals surface area contributed by atoms with Gasteiger partial charge in [0.05, 0.1) is 6.54 Å². The van der Waals surface area contributed by atoms with Crippen LogP contribution in [0, 0.1) is 26.2 Å². The van der Waals surface area contributed by atoms with E-state index in [1.54, 1.807) is 19.9 Å². The maximum atomic E-state index is 11.5. The van der Waals surface area contributed by atoms with Gasteiger partial charge in [-0.05, 0) is 31.0 Å². The number of aryl methyl sites for hydroxylation is 2. The molecule has 5 nitrogen and oxygen atoms in total. The van der Waals surface area contributed by atoms with Crippen molar-refractivity contribution in [3.05, 3.63) is 23.3 Å². The molecule has 1 amide bonds. The molecule has 7 heteroatoms. The van der Waals surface area contributed by atoms with Gasteiger partial charge in [0.2, 0.25) is 0 Å². The number of carbonyl (C=O) groups is 1. The van der Waals surface area contributed by atoms with Crippen LogP contribution in [0.4, 0.5) is 0 Å². The van der Waals surface area contributed by atoms with Crippen LogP contribution in [0.25, 0.3) is 0 Å². The van der Waals surface area contributed by atoms with Gasteiger partial charge in [0.25, 0.3) is 15.0 Å². The van der Waals surface area contributed by atoms with Crippen LogP contribution in [0.15, 0.2) is 17.0 Å². The van der Waals surface area contributed by atoms with Crippen LogP contribution in [-0.2, 0) is 13.8 Å². The van der Waals surface area contributed by atoms with Gasteiger partial charge in [0.1, 0.15) is 10.6 Å². The lowest BCUT2D eigenvalue weighted by Crippen LogP contribution is -2.29. The predicted octanol–water partition coefficient (Wildman–Crippen LogP) is 1.36. The SMILES string of the molecule is C#CCNC(=O)COc1c(C)cc(C)cc1S(=O)(=O)Cl. The molecule has 1 rings (SSSR count). The van der Waals surface area contributed by atoms with Crippen molar-refractivity contribution >= 4 is 25.6 Å². The average molecular weight is 316 g/mol. The van der Waals surface area contributed by atoms with Crippen LogP contribution in [0.3, 0.4) is 0 Å². The minimum absolute atomic E-state index is 0.0708. The zero-order valence-corrected chi connectivity index (χ0v) is 12.6. The Morgan fingerprint density at radius 2 is 2.10 bits per heavy atom. The number of terminal acetylenes is 1. The third-order valence-electron chi connectivity index (χ3n) is 2.38. The van der Waals surface area contributed by atoms with E-state index in [0.717, 1.165) is 5.56 Å². The summed E-state index contributed by atoms with van der Waals surface area (Å²) >= 11 is 0. The molecule has 1 N–H and O–H groups in total. The van der Waals surface area contributed by atoms with Crippen molar-refractivity contribution in [1.29, 1.82) is 0 Å². The number of amides is 1. The van der Waals surface area contributed by atoms with Crippen molar-refractivity contribution in [2.75, 3.05) is 13.2 Å². The highest BCUT2D eigenvalue weighted by atomic mass is 35.7. The highest BCUT2D eigenvalue weighted by Gasteiger charge is 2.20. The van der Waals surface area contributed by atoms with Gasteiger partial charge in [-0.25, -0.2) is 8.42 Å². The van der Waals surface area contributed by atoms with Crippen molar-refractivity contribution in [1.82, 2.24) is 5.32 Å². The van der Waals surface area contributed by atoms with Gasteiger partial charge in [0.15, 0.2) is 6.61 Å². The number of halogens is 1. The summed E-state index contributed by atoms with van der Waals surface area (Å²) < 4.78 is 28.3. The fourth-order valence-electron chi connectivity index (χ4n) is 1.62. The summed E-state index contributed by atoms with van der Waals surface area (Å²) in [5.41, 5.74) is 1.31. The van der Waals surface area contributed by atoms with Crippen molar-refractivity contribution in [2.24, 2.45) is 0 Å². The molecule has 0 aliphatic rings. The lowest BCUT2D eigenvalue weighted by atomic mass is 10.1. The van der Waals surface area contributed by atoms with Crippen molar-refractivity contribution < 1.29 is 17.9 Å². The van der Waals surface area contributed by atoms with Gasteiger partial charge in [0, 0.05) is 10.7 Å². The van der Waals surface area contributed by atoms with Crippen LogP contribution >= 0.6 is 10.7 Å². The summed E-state index contributed by atoms with van der Waals surface area (Å²) in [4.78, 5) is 11.2. The Morgan fingerprint density at radius 1 is 1.45 bits per heavy atom. The van der Waals surface area contributed by atoms with E-state index >= 15 is 0 Å². The molecule has 20 heavy (non-hydrogen) atoms. The molecular formula is C13H14ClNO4S. The summed E-state index contributed by atoms with van der Waals surface area (Å²) in [6, 6.07) is 3.13. The first kappa shape index (κ1) is 16.3. The summed E-state index contributed by atoms with van der Waals surface area (Å²) in [6.07, 6.45) is 5.00. The molecule has 0 atom stereocenters. The van der Waals surface area contributed by atoms with E-state index in [1.807, 2.05) is 0 Å². The molecule has 0 spiro atoms. The molecule has 0 saturated heterocycles. The fraction of sp³-hybridized carbons (Fsp3) is 0.308. The lowest BCUT2D eigenvalue weighted by molar-refractivity contribution is -0.122. The topological polar surface area (TPSA) is 72.5 Å². The Hall–Kier alpha value is -1.71. The van der Waals surface area contributed by atoms with Gasteiger partial charge in [-0.1, -0.05) is 12.0 Å². The molecule has 1 aromatic carbocycles. The predicted molar refractivity (Wildman–Crippen MR) is 76.3 cm³/mol. The number of rotatable bonds is 5. The molecule has 0 radical (unpaired) electrons. The fourth-order valence-corrected chi connectivity index (χ4v) is 2.73. The Labute approximate surface area is 122 Å². The van der Waals surface area contributed by atoms with Gasteiger partial charge in [-0.2, -0.15) is 0 Å². The quantitative estimate of drug-likeness (QED) is 0.658. The highest BCUT2D eigenvalue weighted by molar-refractivity contribution is 8.13. The van der Waals surface area contributed by atoms with E-state index < -0.39 is 15.0 Å². The molecule has 0 bridgehead atoms. The van der Waals surface area contributed by atoms with Gasteiger partial charge in [-0.3, -0.25) is 4.79 Å². The molecular weight excluding hydrogens is 302 g/mol. The van der Waals surface area contributed by atoms with Gasteiger partial charge < -0.3 is 10.1 Å². The van der Waals surface area contributed by atoms with E-state index in [4.69, 9.17) is 21.8 Å². The Bertz CT molecular complexity index is 662. The second kappa shape index (κ2) is 6.64. The van der Waals surface area contributed by atoms with E-state index in [-0.39, 0.29) is 23.8 Å². The van der Waals surface area contributed by atoms with Crippen LogP contribution in [0.1, 0.15) is 11.1 Å². The zero-order valence-electron chi connectivity index (χ0n) is 11.1. The Morgan fingerprint density at radius 3 is 2.65 bits per heavy atom. The summed E-state index contributed by atoms with van der Waals surface area (Å²) in [5, 5.41) is 2.41. The number of benzene rings is 1. The molecule has 0 unspecified atom stereocenters. The highest BCUT2D eigenvalue weighted by Crippen LogP contribution is 2.31. The molecule has 0 saturated carbocycles. The number of carbonyl (C=O) groups excluding carboxylic acids is 1. The van der Waals surface area contributed by atoms with Crippen LogP contribution in [0.5, 0.6) is 5.75 Å². The molecule has 108 valence electrons. The van der Waals surface area contributed by atoms with Gasteiger partial charge in [-0.15, -0.1) is 6.42 Å². The standard InChI is InChI=1S/C13H14ClNO4S/c1-4-5-15-12(16)8-19-13-10(3)6-9(2)7-11(13)20(14,17)18/h1,6-7H,5,8H2,2-3H3,(H,15,16). The smallest absolute Gasteiger partial charge is 0.265 e. The third-order valence-corrected chi connectivity index (χ3v) is 3.71. The van der Waals surface area contributed by atoms with Crippen molar-refractivity contribution in [2.45, 2.75) is 18.7 Å². The first-order valence-electron chi connectivity index (χ1n) is 5.64. The summed E-state index contributed by atoms with van der Waals surface area (Å²) in [7, 11) is 1.41.